The molecule has 120 valence electrons. The molecule has 1 aromatic heterocycles. The van der Waals surface area contributed by atoms with Crippen molar-refractivity contribution in [3.63, 3.8) is 0 Å². The van der Waals surface area contributed by atoms with Gasteiger partial charge in [0, 0.05) is 7.05 Å². The predicted molar refractivity (Wildman–Crippen MR) is 89.3 cm³/mol. The van der Waals surface area contributed by atoms with Gasteiger partial charge in [0.15, 0.2) is 5.43 Å². The van der Waals surface area contributed by atoms with Crippen molar-refractivity contribution >= 4 is 16.9 Å². The van der Waals surface area contributed by atoms with E-state index in [0.717, 1.165) is 5.56 Å². The predicted octanol–water partition coefficient (Wildman–Crippen LogP) is 2.98. The molecule has 5 nitrogen and oxygen atoms in total. The molecule has 0 saturated carbocycles. The summed E-state index contributed by atoms with van der Waals surface area (Å²) in [5, 5.41) is 10.2. The highest BCUT2D eigenvalue weighted by Gasteiger charge is 2.40. The van der Waals surface area contributed by atoms with Gasteiger partial charge in [-0.15, -0.1) is 0 Å². The maximum atomic E-state index is 13.0. The smallest absolute Gasteiger partial charge is 0.290 e. The van der Waals surface area contributed by atoms with E-state index in [-0.39, 0.29) is 22.8 Å². The number of benzene rings is 2. The molecule has 0 radical (unpaired) electrons. The zero-order valence-corrected chi connectivity index (χ0v) is 13.2. The highest BCUT2D eigenvalue weighted by atomic mass is 16.3. The number of hydrogen-bond acceptors (Lipinski definition) is 4. The lowest BCUT2D eigenvalue weighted by Gasteiger charge is -2.20. The normalized spacial score (nSPS) is 16.7. The Balaban J connectivity index is 2.05. The topological polar surface area (TPSA) is 70.8 Å². The molecular formula is C19H15NO4. The van der Waals surface area contributed by atoms with Crippen LogP contribution in [0.25, 0.3) is 11.0 Å². The molecule has 0 saturated heterocycles. The Kier molecular flexibility index (Phi) is 3.00. The van der Waals surface area contributed by atoms with E-state index in [2.05, 4.69) is 0 Å². The van der Waals surface area contributed by atoms with Crippen LogP contribution >= 0.6 is 0 Å². The van der Waals surface area contributed by atoms with Gasteiger partial charge in [0.05, 0.1) is 17.0 Å². The van der Waals surface area contributed by atoms with Crippen molar-refractivity contribution in [2.75, 3.05) is 7.05 Å². The summed E-state index contributed by atoms with van der Waals surface area (Å²) >= 11 is 0. The van der Waals surface area contributed by atoms with Gasteiger partial charge in [-0.25, -0.2) is 0 Å². The number of carbonyl (C=O) groups is 1. The number of fused-ring (bicyclic) bond motifs is 2. The number of aromatic hydroxyl groups is 1. The van der Waals surface area contributed by atoms with E-state index < -0.39 is 6.04 Å². The second-order valence-corrected chi connectivity index (χ2v) is 6.09. The van der Waals surface area contributed by atoms with E-state index in [1.165, 1.54) is 4.90 Å². The molecule has 24 heavy (non-hydrogen) atoms. The quantitative estimate of drug-likeness (QED) is 0.748. The summed E-state index contributed by atoms with van der Waals surface area (Å²) in [6, 6.07) is 11.3. The Bertz CT molecular complexity index is 1050. The molecule has 4 rings (SSSR count). The first kappa shape index (κ1) is 14.5. The Morgan fingerprint density at radius 1 is 1.12 bits per heavy atom. The standard InChI is InChI=1S/C19H15NO4/c1-10-6-7-14-13(8-10)17(22)15-16(11-4-3-5-12(21)9-11)20(2)19(23)18(15)24-14/h3-9,16,21H,1-2H3/t16-/m1/s1. The van der Waals surface area contributed by atoms with Crippen molar-refractivity contribution in [3.05, 3.63) is 75.1 Å². The van der Waals surface area contributed by atoms with Crippen molar-refractivity contribution in [2.45, 2.75) is 13.0 Å². The summed E-state index contributed by atoms with van der Waals surface area (Å²) in [7, 11) is 1.63. The van der Waals surface area contributed by atoms with Crippen LogP contribution in [0.3, 0.4) is 0 Å². The lowest BCUT2D eigenvalue weighted by atomic mass is 9.98. The van der Waals surface area contributed by atoms with Gasteiger partial charge in [0.1, 0.15) is 11.3 Å². The lowest BCUT2D eigenvalue weighted by Crippen LogP contribution is -2.25. The SMILES string of the molecule is Cc1ccc2oc3c(c(=O)c2c1)[C@@H](c1cccc(O)c1)N(C)C3=O. The molecule has 0 fully saturated rings. The Morgan fingerprint density at radius 2 is 1.92 bits per heavy atom. The first-order chi connectivity index (χ1) is 11.5. The summed E-state index contributed by atoms with van der Waals surface area (Å²) in [4.78, 5) is 27.1. The van der Waals surface area contributed by atoms with Crippen LogP contribution in [-0.4, -0.2) is 23.0 Å². The maximum absolute atomic E-state index is 13.0. The molecule has 1 aliphatic rings. The minimum atomic E-state index is -0.569. The molecule has 1 aliphatic heterocycles. The summed E-state index contributed by atoms with van der Waals surface area (Å²) in [6.45, 7) is 1.90. The number of nitrogens with zero attached hydrogens (tertiary/aromatic N) is 1. The summed E-state index contributed by atoms with van der Waals surface area (Å²) in [5.74, 6) is -0.173. The zero-order chi connectivity index (χ0) is 17.0. The van der Waals surface area contributed by atoms with Gasteiger partial charge in [0.2, 0.25) is 5.76 Å². The molecule has 1 amide bonds. The molecule has 0 aliphatic carbocycles. The van der Waals surface area contributed by atoms with Crippen LogP contribution in [0.2, 0.25) is 0 Å². The molecule has 2 heterocycles. The summed E-state index contributed by atoms with van der Waals surface area (Å²) in [5.41, 5.74) is 2.14. The number of phenolic OH excluding ortho intramolecular Hbond substituents is 1. The fourth-order valence-corrected chi connectivity index (χ4v) is 3.29. The van der Waals surface area contributed by atoms with Crippen LogP contribution in [0.5, 0.6) is 5.75 Å². The van der Waals surface area contributed by atoms with Crippen LogP contribution in [0.15, 0.2) is 51.7 Å². The summed E-state index contributed by atoms with van der Waals surface area (Å²) < 4.78 is 5.75. The van der Waals surface area contributed by atoms with Gasteiger partial charge in [0.25, 0.3) is 5.91 Å². The molecule has 0 bridgehead atoms. The number of aryl methyl sites for hydroxylation is 1. The zero-order valence-electron chi connectivity index (χ0n) is 13.2. The third-order valence-corrected chi connectivity index (χ3v) is 4.44. The van der Waals surface area contributed by atoms with Crippen LogP contribution in [-0.2, 0) is 0 Å². The highest BCUT2D eigenvalue weighted by molar-refractivity contribution is 5.98. The fraction of sp³-hybridized carbons (Fsp3) is 0.158. The van der Waals surface area contributed by atoms with Crippen LogP contribution < -0.4 is 5.43 Å². The van der Waals surface area contributed by atoms with E-state index in [1.54, 1.807) is 43.4 Å². The maximum Gasteiger partial charge on any atom is 0.290 e. The molecule has 3 aromatic rings. The Morgan fingerprint density at radius 3 is 2.67 bits per heavy atom. The number of phenols is 1. The highest BCUT2D eigenvalue weighted by Crippen LogP contribution is 2.37. The number of hydrogen-bond donors (Lipinski definition) is 1. The largest absolute Gasteiger partial charge is 0.508 e. The monoisotopic (exact) mass is 321 g/mol. The molecule has 1 atom stereocenters. The molecule has 1 N–H and O–H groups in total. The van der Waals surface area contributed by atoms with E-state index in [0.29, 0.717) is 22.1 Å². The second kappa shape index (κ2) is 4.96. The molecule has 0 unspecified atom stereocenters. The van der Waals surface area contributed by atoms with Crippen LogP contribution in [0.4, 0.5) is 0 Å². The van der Waals surface area contributed by atoms with Gasteiger partial charge < -0.3 is 14.4 Å². The third-order valence-electron chi connectivity index (χ3n) is 4.44. The van der Waals surface area contributed by atoms with E-state index in [9.17, 15) is 14.7 Å². The lowest BCUT2D eigenvalue weighted by molar-refractivity contribution is 0.0771. The average Bonchev–Trinajstić information content (AvgIpc) is 2.81. The van der Waals surface area contributed by atoms with E-state index in [1.807, 2.05) is 13.0 Å². The average molecular weight is 321 g/mol. The first-order valence-electron chi connectivity index (χ1n) is 7.61. The molecule has 0 spiro atoms. The number of amides is 1. The molecular weight excluding hydrogens is 306 g/mol. The van der Waals surface area contributed by atoms with Crippen molar-refractivity contribution in [3.8, 4) is 5.75 Å². The number of rotatable bonds is 1. The van der Waals surface area contributed by atoms with Crippen molar-refractivity contribution in [1.82, 2.24) is 4.90 Å². The van der Waals surface area contributed by atoms with Crippen LogP contribution in [0.1, 0.15) is 33.3 Å². The van der Waals surface area contributed by atoms with Gasteiger partial charge in [-0.1, -0.05) is 23.8 Å². The minimum Gasteiger partial charge on any atom is -0.508 e. The van der Waals surface area contributed by atoms with Gasteiger partial charge >= 0.3 is 0 Å². The summed E-state index contributed by atoms with van der Waals surface area (Å²) in [6.07, 6.45) is 0. The Hall–Kier alpha value is -3.08. The van der Waals surface area contributed by atoms with Gasteiger partial charge in [-0.05, 0) is 36.8 Å². The molecule has 2 aromatic carbocycles. The second-order valence-electron chi connectivity index (χ2n) is 6.09. The van der Waals surface area contributed by atoms with Crippen LogP contribution in [0, 0.1) is 6.92 Å². The van der Waals surface area contributed by atoms with Gasteiger partial charge in [-0.2, -0.15) is 0 Å². The Labute approximate surface area is 137 Å². The minimum absolute atomic E-state index is 0.0761. The van der Waals surface area contributed by atoms with Crippen molar-refractivity contribution in [1.29, 1.82) is 0 Å². The van der Waals surface area contributed by atoms with E-state index in [4.69, 9.17) is 4.42 Å². The fourth-order valence-electron chi connectivity index (χ4n) is 3.29. The molecule has 5 heteroatoms. The van der Waals surface area contributed by atoms with Gasteiger partial charge in [-0.3, -0.25) is 9.59 Å². The van der Waals surface area contributed by atoms with Crippen molar-refractivity contribution < 1.29 is 14.3 Å². The first-order valence-corrected chi connectivity index (χ1v) is 7.61. The van der Waals surface area contributed by atoms with Crippen molar-refractivity contribution in [2.24, 2.45) is 0 Å². The third kappa shape index (κ3) is 1.94. The number of carbonyl (C=O) groups excluding carboxylic acids is 1. The van der Waals surface area contributed by atoms with E-state index >= 15 is 0 Å².